The topological polar surface area (TPSA) is 49.6 Å². The lowest BCUT2D eigenvalue weighted by atomic mass is 10.0. The number of hydrogen-bond acceptors (Lipinski definition) is 3. The predicted octanol–water partition coefficient (Wildman–Crippen LogP) is 2.09. The van der Waals surface area contributed by atoms with E-state index in [1.165, 1.54) is 0 Å². The number of likely N-dealkylation sites (N-methyl/N-ethyl adjacent to an activating group) is 1. The van der Waals surface area contributed by atoms with Crippen LogP contribution in [0.1, 0.15) is 23.2 Å². The van der Waals surface area contributed by atoms with Gasteiger partial charge in [-0.05, 0) is 45.1 Å². The van der Waals surface area contributed by atoms with Gasteiger partial charge >= 0.3 is 0 Å². The molecule has 1 saturated heterocycles. The summed E-state index contributed by atoms with van der Waals surface area (Å²) in [5.74, 6) is -0.00319. The molecule has 1 heterocycles. The Bertz CT molecular complexity index is 476. The van der Waals surface area contributed by atoms with Crippen molar-refractivity contribution < 1.29 is 4.79 Å². The Hall–Kier alpha value is -1.26. The monoisotopic (exact) mass is 281 g/mol. The number of carbonyl (C=O) groups is 1. The highest BCUT2D eigenvalue weighted by Crippen LogP contribution is 2.23. The molecule has 0 aliphatic carbocycles. The molecule has 1 aliphatic rings. The molecule has 104 valence electrons. The van der Waals surface area contributed by atoms with Crippen LogP contribution in [0.25, 0.3) is 0 Å². The highest BCUT2D eigenvalue weighted by atomic mass is 35.5. The van der Waals surface area contributed by atoms with Crippen LogP contribution in [0.2, 0.25) is 5.02 Å². The van der Waals surface area contributed by atoms with Crippen molar-refractivity contribution in [2.75, 3.05) is 32.9 Å². The lowest BCUT2D eigenvalue weighted by Crippen LogP contribution is -2.47. The summed E-state index contributed by atoms with van der Waals surface area (Å²) in [6, 6.07) is 5.47. The first-order chi connectivity index (χ1) is 8.99. The van der Waals surface area contributed by atoms with Crippen LogP contribution in [0.5, 0.6) is 0 Å². The number of halogens is 1. The summed E-state index contributed by atoms with van der Waals surface area (Å²) >= 11 is 6.10. The smallest absolute Gasteiger partial charge is 0.255 e. The molecule has 0 aromatic heterocycles. The van der Waals surface area contributed by atoms with Gasteiger partial charge in [-0.2, -0.15) is 0 Å². The Labute approximate surface area is 119 Å². The van der Waals surface area contributed by atoms with Crippen LogP contribution in [-0.4, -0.2) is 48.9 Å². The highest BCUT2D eigenvalue weighted by molar-refractivity contribution is 6.34. The van der Waals surface area contributed by atoms with Crippen LogP contribution in [0, 0.1) is 0 Å². The summed E-state index contributed by atoms with van der Waals surface area (Å²) in [4.78, 5) is 16.5. The molecule has 1 aliphatic heterocycles. The maximum Gasteiger partial charge on any atom is 0.255 e. The molecule has 2 rings (SSSR count). The zero-order valence-corrected chi connectivity index (χ0v) is 12.2. The number of nitrogen functional groups attached to an aromatic ring is 1. The van der Waals surface area contributed by atoms with E-state index in [-0.39, 0.29) is 5.91 Å². The lowest BCUT2D eigenvalue weighted by Gasteiger charge is -2.36. The highest BCUT2D eigenvalue weighted by Gasteiger charge is 2.26. The number of benzene rings is 1. The number of rotatable bonds is 2. The minimum absolute atomic E-state index is 0.00319. The van der Waals surface area contributed by atoms with E-state index in [1.807, 2.05) is 4.90 Å². The van der Waals surface area contributed by atoms with Gasteiger partial charge in [-0.25, -0.2) is 0 Å². The van der Waals surface area contributed by atoms with E-state index in [4.69, 9.17) is 17.3 Å². The minimum Gasteiger partial charge on any atom is -0.399 e. The normalized spacial score (nSPS) is 19.8. The van der Waals surface area contributed by atoms with Gasteiger partial charge in [0.25, 0.3) is 5.91 Å². The Kier molecular flexibility index (Phi) is 4.32. The SMILES string of the molecule is CN(C)C1CCCN(C(=O)c2ccc(N)cc2Cl)C1. The number of anilines is 1. The minimum atomic E-state index is -0.00319. The van der Waals surface area contributed by atoms with Crippen LogP contribution < -0.4 is 5.73 Å². The predicted molar refractivity (Wildman–Crippen MR) is 78.5 cm³/mol. The first kappa shape index (κ1) is 14.2. The van der Waals surface area contributed by atoms with E-state index in [0.29, 0.717) is 22.3 Å². The van der Waals surface area contributed by atoms with Crippen molar-refractivity contribution in [3.63, 3.8) is 0 Å². The quantitative estimate of drug-likeness (QED) is 0.845. The summed E-state index contributed by atoms with van der Waals surface area (Å²) in [5, 5.41) is 0.428. The van der Waals surface area contributed by atoms with E-state index >= 15 is 0 Å². The molecule has 0 saturated carbocycles. The average molecular weight is 282 g/mol. The zero-order chi connectivity index (χ0) is 14.0. The van der Waals surface area contributed by atoms with Gasteiger partial charge in [0.15, 0.2) is 0 Å². The molecule has 1 unspecified atom stereocenters. The molecule has 19 heavy (non-hydrogen) atoms. The fraction of sp³-hybridized carbons (Fsp3) is 0.500. The summed E-state index contributed by atoms with van der Waals surface area (Å²) in [5.41, 5.74) is 6.76. The molecule has 1 aromatic rings. The second kappa shape index (κ2) is 5.80. The van der Waals surface area contributed by atoms with E-state index in [1.54, 1.807) is 18.2 Å². The van der Waals surface area contributed by atoms with Crippen molar-refractivity contribution in [1.29, 1.82) is 0 Å². The molecule has 4 nitrogen and oxygen atoms in total. The molecule has 0 bridgehead atoms. The Morgan fingerprint density at radius 2 is 2.21 bits per heavy atom. The second-order valence-corrected chi connectivity index (χ2v) is 5.66. The molecular weight excluding hydrogens is 262 g/mol. The zero-order valence-electron chi connectivity index (χ0n) is 11.4. The van der Waals surface area contributed by atoms with Crippen molar-refractivity contribution in [3.8, 4) is 0 Å². The molecule has 2 N–H and O–H groups in total. The molecule has 1 atom stereocenters. The lowest BCUT2D eigenvalue weighted by molar-refractivity contribution is 0.0635. The second-order valence-electron chi connectivity index (χ2n) is 5.25. The third kappa shape index (κ3) is 3.19. The summed E-state index contributed by atoms with van der Waals surface area (Å²) in [6.45, 7) is 1.55. The number of nitrogens with zero attached hydrogens (tertiary/aromatic N) is 2. The van der Waals surface area contributed by atoms with Crippen molar-refractivity contribution in [2.45, 2.75) is 18.9 Å². The molecular formula is C14H20ClN3O. The maximum atomic E-state index is 12.5. The number of hydrogen-bond donors (Lipinski definition) is 1. The van der Waals surface area contributed by atoms with Gasteiger partial charge in [-0.3, -0.25) is 4.79 Å². The molecule has 1 aromatic carbocycles. The standard InChI is InChI=1S/C14H20ClN3O/c1-17(2)11-4-3-7-18(9-11)14(19)12-6-5-10(16)8-13(12)15/h5-6,8,11H,3-4,7,9,16H2,1-2H3. The number of piperidine rings is 1. The fourth-order valence-corrected chi connectivity index (χ4v) is 2.71. The first-order valence-corrected chi connectivity index (χ1v) is 6.87. The van der Waals surface area contributed by atoms with E-state index in [0.717, 1.165) is 25.9 Å². The maximum absolute atomic E-state index is 12.5. The van der Waals surface area contributed by atoms with Gasteiger partial charge in [0, 0.05) is 24.8 Å². The van der Waals surface area contributed by atoms with Crippen molar-refractivity contribution in [1.82, 2.24) is 9.80 Å². The van der Waals surface area contributed by atoms with Gasteiger partial charge in [-0.1, -0.05) is 11.6 Å². The summed E-state index contributed by atoms with van der Waals surface area (Å²) in [7, 11) is 4.10. The number of nitrogens with two attached hydrogens (primary N) is 1. The molecule has 1 amide bonds. The third-order valence-corrected chi connectivity index (χ3v) is 3.95. The number of carbonyl (C=O) groups excluding carboxylic acids is 1. The Morgan fingerprint density at radius 3 is 2.84 bits per heavy atom. The van der Waals surface area contributed by atoms with E-state index in [2.05, 4.69) is 19.0 Å². The van der Waals surface area contributed by atoms with Crippen LogP contribution >= 0.6 is 11.6 Å². The van der Waals surface area contributed by atoms with Crippen molar-refractivity contribution in [3.05, 3.63) is 28.8 Å². The van der Waals surface area contributed by atoms with Gasteiger partial charge < -0.3 is 15.5 Å². The van der Waals surface area contributed by atoms with Crippen LogP contribution in [0.3, 0.4) is 0 Å². The number of likely N-dealkylation sites (tertiary alicyclic amines) is 1. The van der Waals surface area contributed by atoms with Crippen molar-refractivity contribution in [2.24, 2.45) is 0 Å². The van der Waals surface area contributed by atoms with E-state index < -0.39 is 0 Å². The first-order valence-electron chi connectivity index (χ1n) is 6.50. The van der Waals surface area contributed by atoms with Gasteiger partial charge in [-0.15, -0.1) is 0 Å². The van der Waals surface area contributed by atoms with Gasteiger partial charge in [0.1, 0.15) is 0 Å². The third-order valence-electron chi connectivity index (χ3n) is 3.64. The molecule has 5 heteroatoms. The summed E-state index contributed by atoms with van der Waals surface area (Å²) in [6.07, 6.45) is 2.16. The Balaban J connectivity index is 2.15. The fourth-order valence-electron chi connectivity index (χ4n) is 2.44. The van der Waals surface area contributed by atoms with Crippen LogP contribution in [0.15, 0.2) is 18.2 Å². The molecule has 1 fully saturated rings. The number of amides is 1. The molecule has 0 spiro atoms. The van der Waals surface area contributed by atoms with Gasteiger partial charge in [0.2, 0.25) is 0 Å². The summed E-state index contributed by atoms with van der Waals surface area (Å²) < 4.78 is 0. The van der Waals surface area contributed by atoms with Crippen LogP contribution in [-0.2, 0) is 0 Å². The van der Waals surface area contributed by atoms with Crippen molar-refractivity contribution >= 4 is 23.2 Å². The van der Waals surface area contributed by atoms with E-state index in [9.17, 15) is 4.79 Å². The van der Waals surface area contributed by atoms with Gasteiger partial charge in [0.05, 0.1) is 10.6 Å². The average Bonchev–Trinajstić information content (AvgIpc) is 2.38. The largest absolute Gasteiger partial charge is 0.399 e. The Morgan fingerprint density at radius 1 is 1.47 bits per heavy atom. The molecule has 0 radical (unpaired) electrons. The van der Waals surface area contributed by atoms with Crippen LogP contribution in [0.4, 0.5) is 5.69 Å².